The molecule has 0 bridgehead atoms. The van der Waals surface area contributed by atoms with Crippen LogP contribution in [-0.2, 0) is 0 Å². The number of unbranched alkanes of at least 4 members (excludes halogenated alkanes) is 15. The Morgan fingerprint density at radius 1 is 0.613 bits per heavy atom. The van der Waals surface area contributed by atoms with Crippen molar-refractivity contribution in [1.29, 1.82) is 0 Å². The molecule has 0 atom stereocenters. The van der Waals surface area contributed by atoms with Crippen molar-refractivity contribution >= 4 is 5.69 Å². The van der Waals surface area contributed by atoms with Crippen LogP contribution in [0.15, 0.2) is 37.4 Å². The first-order valence-corrected chi connectivity index (χ1v) is 12.8. The summed E-state index contributed by atoms with van der Waals surface area (Å²) in [5.74, 6) is 0.931. The fourth-order valence-corrected chi connectivity index (χ4v) is 3.40. The van der Waals surface area contributed by atoms with E-state index in [0.29, 0.717) is 0 Å². The van der Waals surface area contributed by atoms with Gasteiger partial charge in [-0.3, -0.25) is 0 Å². The van der Waals surface area contributed by atoms with Crippen molar-refractivity contribution in [3.05, 3.63) is 37.4 Å². The second-order valence-electron chi connectivity index (χ2n) is 7.72. The summed E-state index contributed by atoms with van der Waals surface area (Å²) >= 11 is 0. The lowest BCUT2D eigenvalue weighted by Gasteiger charge is -2.06. The average molecular weight is 437 g/mol. The van der Waals surface area contributed by atoms with Crippen LogP contribution in [0.3, 0.4) is 0 Å². The molecule has 0 radical (unpaired) electrons. The maximum Gasteiger partial charge on any atom is 0.119 e. The summed E-state index contributed by atoms with van der Waals surface area (Å²) in [6.45, 7) is 13.1. The fourth-order valence-electron chi connectivity index (χ4n) is 3.40. The third-order valence-electron chi connectivity index (χ3n) is 5.15. The Kier molecular flexibility index (Phi) is 33.8. The van der Waals surface area contributed by atoms with Gasteiger partial charge in [-0.05, 0) is 30.7 Å². The molecular formula is C28H56N2O. The average Bonchev–Trinajstić information content (AvgIpc) is 2.80. The highest BCUT2D eigenvalue weighted by molar-refractivity contribution is 5.41. The number of hydrogen-bond donors (Lipinski definition) is 2. The summed E-state index contributed by atoms with van der Waals surface area (Å²) in [4.78, 5) is 0. The van der Waals surface area contributed by atoms with Gasteiger partial charge in [0.2, 0.25) is 0 Å². The molecule has 0 saturated heterocycles. The number of nitrogen functional groups attached to an aromatic ring is 1. The van der Waals surface area contributed by atoms with Crippen molar-refractivity contribution in [1.82, 2.24) is 6.15 Å². The normalized spacial score (nSPS) is 9.52. The van der Waals surface area contributed by atoms with Gasteiger partial charge in [0, 0.05) is 5.69 Å². The largest absolute Gasteiger partial charge is 0.494 e. The van der Waals surface area contributed by atoms with Crippen LogP contribution >= 0.6 is 0 Å². The molecule has 0 aliphatic carbocycles. The van der Waals surface area contributed by atoms with E-state index in [1.54, 1.807) is 0 Å². The van der Waals surface area contributed by atoms with Gasteiger partial charge in [-0.1, -0.05) is 117 Å². The first-order chi connectivity index (χ1) is 14.8. The summed E-state index contributed by atoms with van der Waals surface area (Å²) in [6.07, 6.45) is 22.4. The first kappa shape index (κ1) is 34.1. The van der Waals surface area contributed by atoms with E-state index >= 15 is 0 Å². The maximum atomic E-state index is 5.72. The molecule has 0 aliphatic heterocycles. The highest BCUT2D eigenvalue weighted by atomic mass is 16.5. The van der Waals surface area contributed by atoms with Crippen LogP contribution in [0.2, 0.25) is 0 Å². The van der Waals surface area contributed by atoms with Crippen LogP contribution in [-0.4, -0.2) is 6.61 Å². The van der Waals surface area contributed by atoms with Crippen LogP contribution in [0.25, 0.3) is 0 Å². The topological polar surface area (TPSA) is 70.2 Å². The molecule has 1 aromatic rings. The van der Waals surface area contributed by atoms with Gasteiger partial charge in [-0.15, -0.1) is 13.2 Å². The van der Waals surface area contributed by atoms with Crippen molar-refractivity contribution in [2.45, 2.75) is 124 Å². The number of nitrogens with two attached hydrogens (primary N) is 1. The summed E-state index contributed by atoms with van der Waals surface area (Å²) < 4.78 is 5.72. The van der Waals surface area contributed by atoms with Gasteiger partial charge in [0.05, 0.1) is 6.61 Å². The van der Waals surface area contributed by atoms with E-state index in [9.17, 15) is 0 Å². The Balaban J connectivity index is -0.00000148. The standard InChI is InChI=1S/C24H43NO.C2H6.C2H4.H3N/c1-2-3-4-5-6-7-8-9-10-11-12-13-14-15-16-17-22-26-24-20-18-23(25)19-21-24;2*1-2;/h18-21H,2-17,22,25H2,1H3;1-2H3;1-2H2;1H3. The van der Waals surface area contributed by atoms with E-state index < -0.39 is 0 Å². The minimum Gasteiger partial charge on any atom is -0.494 e. The molecule has 31 heavy (non-hydrogen) atoms. The van der Waals surface area contributed by atoms with E-state index in [-0.39, 0.29) is 6.15 Å². The highest BCUT2D eigenvalue weighted by Gasteiger charge is 1.96. The van der Waals surface area contributed by atoms with Crippen LogP contribution in [0.5, 0.6) is 5.75 Å². The van der Waals surface area contributed by atoms with E-state index in [2.05, 4.69) is 20.1 Å². The molecule has 1 rings (SSSR count). The van der Waals surface area contributed by atoms with Gasteiger partial charge in [0.1, 0.15) is 5.75 Å². The lowest BCUT2D eigenvalue weighted by Crippen LogP contribution is -1.97. The molecular weight excluding hydrogens is 380 g/mol. The third-order valence-corrected chi connectivity index (χ3v) is 5.15. The Morgan fingerprint density at radius 2 is 0.935 bits per heavy atom. The Hall–Kier alpha value is -1.48. The summed E-state index contributed by atoms with van der Waals surface area (Å²) in [5, 5.41) is 0. The zero-order valence-corrected chi connectivity index (χ0v) is 21.4. The summed E-state index contributed by atoms with van der Waals surface area (Å²) in [7, 11) is 0. The van der Waals surface area contributed by atoms with Crippen molar-refractivity contribution < 1.29 is 4.74 Å². The maximum absolute atomic E-state index is 5.72. The Bertz CT molecular complexity index is 420. The Morgan fingerprint density at radius 3 is 1.29 bits per heavy atom. The monoisotopic (exact) mass is 436 g/mol. The van der Waals surface area contributed by atoms with Crippen molar-refractivity contribution in [2.24, 2.45) is 0 Å². The molecule has 1 aromatic carbocycles. The lowest BCUT2D eigenvalue weighted by atomic mass is 10.0. The number of benzene rings is 1. The SMILES string of the molecule is C=C.CC.CCCCCCCCCCCCCCCCCCOc1ccc(N)cc1.N. The van der Waals surface area contributed by atoms with Gasteiger partial charge >= 0.3 is 0 Å². The van der Waals surface area contributed by atoms with Gasteiger partial charge in [0.25, 0.3) is 0 Å². The molecule has 0 spiro atoms. The first-order valence-electron chi connectivity index (χ1n) is 12.8. The predicted octanol–water partition coefficient (Wildman–Crippen LogP) is 9.90. The van der Waals surface area contributed by atoms with Crippen molar-refractivity contribution in [3.63, 3.8) is 0 Å². The van der Waals surface area contributed by atoms with Gasteiger partial charge in [-0.25, -0.2) is 0 Å². The molecule has 5 N–H and O–H groups in total. The molecule has 3 nitrogen and oxygen atoms in total. The number of ether oxygens (including phenoxy) is 1. The smallest absolute Gasteiger partial charge is 0.119 e. The minimum atomic E-state index is 0. The molecule has 0 aliphatic rings. The van der Waals surface area contributed by atoms with Crippen LogP contribution in [0.4, 0.5) is 5.69 Å². The quantitative estimate of drug-likeness (QED) is 0.137. The molecule has 0 aromatic heterocycles. The molecule has 3 heteroatoms. The van der Waals surface area contributed by atoms with E-state index in [1.165, 1.54) is 96.3 Å². The third kappa shape index (κ3) is 26.5. The minimum absolute atomic E-state index is 0. The summed E-state index contributed by atoms with van der Waals surface area (Å²) in [6, 6.07) is 7.68. The van der Waals surface area contributed by atoms with Crippen LogP contribution in [0.1, 0.15) is 124 Å². The fraction of sp³-hybridized carbons (Fsp3) is 0.714. The number of anilines is 1. The van der Waals surface area contributed by atoms with Crippen LogP contribution < -0.4 is 16.6 Å². The lowest BCUT2D eigenvalue weighted by molar-refractivity contribution is 0.304. The molecule has 0 heterocycles. The van der Waals surface area contributed by atoms with Gasteiger partial charge in [0.15, 0.2) is 0 Å². The van der Waals surface area contributed by atoms with E-state index in [4.69, 9.17) is 10.5 Å². The number of hydrogen-bond acceptors (Lipinski definition) is 3. The molecule has 0 saturated carbocycles. The molecule has 0 fully saturated rings. The zero-order valence-electron chi connectivity index (χ0n) is 21.4. The van der Waals surface area contributed by atoms with E-state index in [1.807, 2.05) is 38.1 Å². The van der Waals surface area contributed by atoms with Crippen LogP contribution in [0, 0.1) is 0 Å². The number of rotatable bonds is 18. The Labute approximate surface area is 195 Å². The van der Waals surface area contributed by atoms with E-state index in [0.717, 1.165) is 24.5 Å². The van der Waals surface area contributed by atoms with Gasteiger partial charge in [-0.2, -0.15) is 0 Å². The summed E-state index contributed by atoms with van der Waals surface area (Å²) in [5.41, 5.74) is 6.46. The highest BCUT2D eigenvalue weighted by Crippen LogP contribution is 2.15. The molecule has 184 valence electrons. The zero-order chi connectivity index (χ0) is 22.7. The van der Waals surface area contributed by atoms with Crippen molar-refractivity contribution in [3.8, 4) is 5.75 Å². The second kappa shape index (κ2) is 30.7. The van der Waals surface area contributed by atoms with Crippen molar-refractivity contribution in [2.75, 3.05) is 12.3 Å². The molecule has 0 unspecified atom stereocenters. The second-order valence-corrected chi connectivity index (χ2v) is 7.72. The van der Waals surface area contributed by atoms with Gasteiger partial charge < -0.3 is 16.6 Å². The predicted molar refractivity (Wildman–Crippen MR) is 144 cm³/mol. The molecule has 0 amide bonds.